The zero-order valence-electron chi connectivity index (χ0n) is 15.2. The molecule has 8 heteroatoms. The quantitative estimate of drug-likeness (QED) is 0.528. The Kier molecular flexibility index (Phi) is 4.54. The number of carbonyl (C=O) groups is 1. The summed E-state index contributed by atoms with van der Waals surface area (Å²) in [6.45, 7) is 1.42. The van der Waals surface area contributed by atoms with Crippen LogP contribution in [-0.2, 0) is 11.0 Å². The van der Waals surface area contributed by atoms with Crippen LogP contribution in [0.5, 0.6) is 0 Å². The van der Waals surface area contributed by atoms with Gasteiger partial charge in [0.15, 0.2) is 5.65 Å². The molecule has 0 unspecified atom stereocenters. The van der Waals surface area contributed by atoms with Gasteiger partial charge in [-0.05, 0) is 36.4 Å². The number of anilines is 1. The highest BCUT2D eigenvalue weighted by Gasteiger charge is 2.30. The Hall–Kier alpha value is -3.68. The Bertz CT molecular complexity index is 1210. The fourth-order valence-corrected chi connectivity index (χ4v) is 3.04. The van der Waals surface area contributed by atoms with Crippen LogP contribution in [0.4, 0.5) is 18.9 Å². The van der Waals surface area contributed by atoms with Gasteiger partial charge in [0.05, 0.1) is 23.1 Å². The lowest BCUT2D eigenvalue weighted by molar-refractivity contribution is -0.137. The summed E-state index contributed by atoms with van der Waals surface area (Å²) in [5, 5.41) is 7.21. The normalized spacial score (nSPS) is 11.6. The van der Waals surface area contributed by atoms with Crippen LogP contribution < -0.4 is 5.32 Å². The summed E-state index contributed by atoms with van der Waals surface area (Å²) in [7, 11) is 0. The third-order valence-corrected chi connectivity index (χ3v) is 4.33. The first-order valence-corrected chi connectivity index (χ1v) is 8.72. The van der Waals surface area contributed by atoms with Gasteiger partial charge in [0.1, 0.15) is 0 Å². The smallest absolute Gasteiger partial charge is 0.326 e. The van der Waals surface area contributed by atoms with Gasteiger partial charge < -0.3 is 5.32 Å². The molecule has 0 fully saturated rings. The number of aromatic nitrogens is 3. The number of imidazole rings is 1. The lowest BCUT2D eigenvalue weighted by Crippen LogP contribution is -2.05. The van der Waals surface area contributed by atoms with E-state index in [9.17, 15) is 18.0 Å². The maximum atomic E-state index is 13.0. The van der Waals surface area contributed by atoms with Crippen molar-refractivity contribution in [2.45, 2.75) is 13.1 Å². The number of amides is 1. The van der Waals surface area contributed by atoms with Crippen molar-refractivity contribution in [3.63, 3.8) is 0 Å². The van der Waals surface area contributed by atoms with Crippen molar-refractivity contribution in [2.75, 3.05) is 5.32 Å². The summed E-state index contributed by atoms with van der Waals surface area (Å²) >= 11 is 0. The maximum Gasteiger partial charge on any atom is 0.416 e. The average Bonchev–Trinajstić information content (AvgIpc) is 3.10. The van der Waals surface area contributed by atoms with E-state index in [1.165, 1.54) is 13.0 Å². The number of nitrogens with zero attached hydrogens (tertiary/aromatic N) is 3. The van der Waals surface area contributed by atoms with Gasteiger partial charge in [-0.2, -0.15) is 18.3 Å². The first-order chi connectivity index (χ1) is 13.8. The molecule has 2 aromatic carbocycles. The van der Waals surface area contributed by atoms with E-state index in [2.05, 4.69) is 15.4 Å². The van der Waals surface area contributed by atoms with E-state index in [1.54, 1.807) is 47.1 Å². The summed E-state index contributed by atoms with van der Waals surface area (Å²) in [6.07, 6.45) is -2.80. The van der Waals surface area contributed by atoms with Gasteiger partial charge in [-0.25, -0.2) is 9.50 Å². The van der Waals surface area contributed by atoms with E-state index in [0.717, 1.165) is 17.7 Å². The van der Waals surface area contributed by atoms with Gasteiger partial charge in [-0.15, -0.1) is 0 Å². The van der Waals surface area contributed by atoms with Gasteiger partial charge in [0.25, 0.3) is 0 Å². The molecule has 2 heterocycles. The molecule has 1 amide bonds. The topological polar surface area (TPSA) is 59.3 Å². The van der Waals surface area contributed by atoms with Crippen LogP contribution in [0.2, 0.25) is 0 Å². The number of hydrogen-bond donors (Lipinski definition) is 1. The van der Waals surface area contributed by atoms with Gasteiger partial charge in [0.2, 0.25) is 5.91 Å². The summed E-state index contributed by atoms with van der Waals surface area (Å²) in [5.74, 6) is -0.190. The molecule has 0 saturated carbocycles. The fraction of sp³-hybridized carbons (Fsp3) is 0.0952. The number of halogens is 3. The largest absolute Gasteiger partial charge is 0.416 e. The SMILES string of the molecule is CC(=O)Nc1cccc(-c2cnc3ccc(-c4cccc(C(F)(F)F)c4)nn23)c1. The van der Waals surface area contributed by atoms with Crippen molar-refractivity contribution in [1.82, 2.24) is 14.6 Å². The second-order valence-electron chi connectivity index (χ2n) is 6.47. The Labute approximate surface area is 163 Å². The Morgan fingerprint density at radius 1 is 1.00 bits per heavy atom. The van der Waals surface area contributed by atoms with Crippen molar-refractivity contribution in [1.29, 1.82) is 0 Å². The second-order valence-corrected chi connectivity index (χ2v) is 6.47. The number of alkyl halides is 3. The number of benzene rings is 2. The average molecular weight is 396 g/mol. The standard InChI is InChI=1S/C21H15F3N4O/c1-13(29)26-17-7-3-5-15(11-17)19-12-25-20-9-8-18(27-28(19)20)14-4-2-6-16(10-14)21(22,23)24/h2-12H,1H3,(H,26,29). The zero-order chi connectivity index (χ0) is 20.6. The van der Waals surface area contributed by atoms with E-state index in [-0.39, 0.29) is 5.91 Å². The molecule has 0 aliphatic rings. The molecule has 4 rings (SSSR count). The molecule has 4 aromatic rings. The third kappa shape index (κ3) is 3.82. The van der Waals surface area contributed by atoms with Crippen LogP contribution in [-0.4, -0.2) is 20.5 Å². The Morgan fingerprint density at radius 2 is 1.76 bits per heavy atom. The molecule has 0 bridgehead atoms. The Morgan fingerprint density at radius 3 is 2.52 bits per heavy atom. The van der Waals surface area contributed by atoms with Gasteiger partial charge in [-0.3, -0.25) is 4.79 Å². The second kappa shape index (κ2) is 7.05. The molecular weight excluding hydrogens is 381 g/mol. The van der Waals surface area contributed by atoms with Crippen LogP contribution in [0.15, 0.2) is 66.9 Å². The van der Waals surface area contributed by atoms with E-state index in [1.807, 2.05) is 6.07 Å². The van der Waals surface area contributed by atoms with Crippen molar-refractivity contribution < 1.29 is 18.0 Å². The van der Waals surface area contributed by atoms with Crippen molar-refractivity contribution in [2.24, 2.45) is 0 Å². The number of hydrogen-bond acceptors (Lipinski definition) is 3. The summed E-state index contributed by atoms with van der Waals surface area (Å²) in [4.78, 5) is 15.6. The molecule has 0 radical (unpaired) electrons. The van der Waals surface area contributed by atoms with Crippen LogP contribution in [0.25, 0.3) is 28.2 Å². The zero-order valence-corrected chi connectivity index (χ0v) is 15.2. The summed E-state index contributed by atoms with van der Waals surface area (Å²) in [6, 6.07) is 15.5. The molecule has 146 valence electrons. The first-order valence-electron chi connectivity index (χ1n) is 8.72. The molecule has 2 aromatic heterocycles. The van der Waals surface area contributed by atoms with E-state index >= 15 is 0 Å². The van der Waals surface area contributed by atoms with E-state index < -0.39 is 11.7 Å². The van der Waals surface area contributed by atoms with E-state index in [4.69, 9.17) is 0 Å². The predicted molar refractivity (Wildman–Crippen MR) is 103 cm³/mol. The maximum absolute atomic E-state index is 13.0. The molecular formula is C21H15F3N4O. The van der Waals surface area contributed by atoms with Crippen LogP contribution >= 0.6 is 0 Å². The summed E-state index contributed by atoms with van der Waals surface area (Å²) < 4.78 is 40.7. The van der Waals surface area contributed by atoms with E-state index in [0.29, 0.717) is 28.3 Å². The van der Waals surface area contributed by atoms with Crippen LogP contribution in [0.3, 0.4) is 0 Å². The highest BCUT2D eigenvalue weighted by atomic mass is 19.4. The van der Waals surface area contributed by atoms with Crippen LogP contribution in [0, 0.1) is 0 Å². The summed E-state index contributed by atoms with van der Waals surface area (Å²) in [5.41, 5.74) is 2.61. The highest BCUT2D eigenvalue weighted by Crippen LogP contribution is 2.32. The molecule has 29 heavy (non-hydrogen) atoms. The number of fused-ring (bicyclic) bond motifs is 1. The van der Waals surface area contributed by atoms with Gasteiger partial charge >= 0.3 is 6.18 Å². The Balaban J connectivity index is 1.79. The predicted octanol–water partition coefficient (Wildman–Crippen LogP) is 5.04. The number of carbonyl (C=O) groups excluding carboxylic acids is 1. The minimum Gasteiger partial charge on any atom is -0.326 e. The molecule has 0 aliphatic heterocycles. The third-order valence-electron chi connectivity index (χ3n) is 4.33. The fourth-order valence-electron chi connectivity index (χ4n) is 3.04. The van der Waals surface area contributed by atoms with Crippen molar-refractivity contribution in [3.05, 3.63) is 72.4 Å². The van der Waals surface area contributed by atoms with Crippen LogP contribution in [0.1, 0.15) is 12.5 Å². The first kappa shape index (κ1) is 18.7. The highest BCUT2D eigenvalue weighted by molar-refractivity contribution is 5.89. The monoisotopic (exact) mass is 396 g/mol. The molecule has 5 nitrogen and oxygen atoms in total. The van der Waals surface area contributed by atoms with Crippen molar-refractivity contribution in [3.8, 4) is 22.5 Å². The number of rotatable bonds is 3. The molecule has 0 atom stereocenters. The lowest BCUT2D eigenvalue weighted by atomic mass is 10.1. The molecule has 1 N–H and O–H groups in total. The van der Waals surface area contributed by atoms with Gasteiger partial charge in [-0.1, -0.05) is 24.3 Å². The molecule has 0 saturated heterocycles. The molecule has 0 spiro atoms. The van der Waals surface area contributed by atoms with Gasteiger partial charge in [0, 0.05) is 23.7 Å². The minimum absolute atomic E-state index is 0.190. The minimum atomic E-state index is -4.43. The van der Waals surface area contributed by atoms with Crippen molar-refractivity contribution >= 4 is 17.2 Å². The lowest BCUT2D eigenvalue weighted by Gasteiger charge is -2.09. The molecule has 0 aliphatic carbocycles. The number of nitrogens with one attached hydrogen (secondary N) is 1.